The van der Waals surface area contributed by atoms with Crippen molar-refractivity contribution in [2.24, 2.45) is 0 Å². The Kier molecular flexibility index (Phi) is 9.05. The van der Waals surface area contributed by atoms with Gasteiger partial charge in [0, 0.05) is 26.4 Å². The summed E-state index contributed by atoms with van der Waals surface area (Å²) in [5, 5.41) is 11.8. The molecule has 6 rings (SSSR count). The summed E-state index contributed by atoms with van der Waals surface area (Å²) in [6, 6.07) is 11.6. The minimum absolute atomic E-state index is 0.0252. The van der Waals surface area contributed by atoms with Crippen molar-refractivity contribution in [3.05, 3.63) is 69.3 Å². The van der Waals surface area contributed by atoms with E-state index in [1.165, 1.54) is 0 Å². The second kappa shape index (κ2) is 12.7. The van der Waals surface area contributed by atoms with Crippen LogP contribution in [0.5, 0.6) is 0 Å². The molecule has 2 aliphatic rings. The Balaban J connectivity index is 0.000000178. The van der Waals surface area contributed by atoms with E-state index in [2.05, 4.69) is 35.4 Å². The molecule has 9 nitrogen and oxygen atoms in total. The summed E-state index contributed by atoms with van der Waals surface area (Å²) in [7, 11) is 0. The lowest BCUT2D eigenvalue weighted by molar-refractivity contribution is -0.148. The van der Waals surface area contributed by atoms with Gasteiger partial charge in [-0.3, -0.25) is 0 Å². The van der Waals surface area contributed by atoms with Gasteiger partial charge in [-0.25, -0.2) is 29.4 Å². The van der Waals surface area contributed by atoms with Crippen LogP contribution < -0.4 is 9.80 Å². The molecule has 0 bridgehead atoms. The van der Waals surface area contributed by atoms with Crippen molar-refractivity contribution in [2.75, 3.05) is 23.0 Å². The minimum atomic E-state index is -4.59. The highest BCUT2D eigenvalue weighted by Gasteiger charge is 2.53. The van der Waals surface area contributed by atoms with Crippen molar-refractivity contribution in [1.82, 2.24) is 9.97 Å². The number of nitrogens with zero attached hydrogens (tertiary/aromatic N) is 5. The number of aromatic nitrogens is 2. The summed E-state index contributed by atoms with van der Waals surface area (Å²) in [6.07, 6.45) is -11.2. The Hall–Kier alpha value is -4.21. The molecule has 2 saturated heterocycles. The van der Waals surface area contributed by atoms with Crippen LogP contribution in [0.4, 0.5) is 46.2 Å². The van der Waals surface area contributed by atoms with Gasteiger partial charge in [-0.15, -0.1) is 22.7 Å². The fraction of sp³-hybridized carbons (Fsp3) is 0.222. The highest BCUT2D eigenvalue weighted by Crippen LogP contribution is 2.38. The normalized spacial score (nSPS) is 18.3. The molecule has 1 unspecified atom stereocenters. The van der Waals surface area contributed by atoms with Gasteiger partial charge in [-0.05, 0) is 24.3 Å². The first-order chi connectivity index (χ1) is 21.3. The summed E-state index contributed by atoms with van der Waals surface area (Å²) in [4.78, 5) is 32.5. The maximum absolute atomic E-state index is 13.0. The molecule has 0 spiro atoms. The zero-order chi connectivity index (χ0) is 32.5. The summed E-state index contributed by atoms with van der Waals surface area (Å²) >= 11 is 5.20. The number of carbonyl (C=O) groups is 2. The van der Waals surface area contributed by atoms with Crippen molar-refractivity contribution in [2.45, 2.75) is 24.4 Å². The predicted molar refractivity (Wildman–Crippen MR) is 155 cm³/mol. The molecule has 2 aliphatic heterocycles. The molecule has 0 radical (unpaired) electrons. The molecular formula is C27H16BrF6N5O4S2. The van der Waals surface area contributed by atoms with Crippen LogP contribution in [0.15, 0.2) is 63.8 Å². The van der Waals surface area contributed by atoms with Crippen molar-refractivity contribution >= 4 is 61.1 Å². The van der Waals surface area contributed by atoms with Gasteiger partial charge in [0.05, 0.1) is 23.0 Å². The Bertz CT molecular complexity index is 1740. The average molecular weight is 732 g/mol. The highest BCUT2D eigenvalue weighted by atomic mass is 79.9. The molecule has 2 fully saturated rings. The number of rotatable bonds is 4. The number of nitriles is 1. The first-order valence-electron chi connectivity index (χ1n) is 12.5. The van der Waals surface area contributed by atoms with Gasteiger partial charge in [-0.2, -0.15) is 31.6 Å². The number of alkyl halides is 6. The summed E-state index contributed by atoms with van der Waals surface area (Å²) < 4.78 is 87.6. The van der Waals surface area contributed by atoms with Crippen molar-refractivity contribution in [3.8, 4) is 28.6 Å². The fourth-order valence-electron chi connectivity index (χ4n) is 4.10. The third-order valence-corrected chi connectivity index (χ3v) is 8.56. The molecule has 4 heterocycles. The van der Waals surface area contributed by atoms with E-state index < -0.39 is 49.8 Å². The molecule has 2 aromatic carbocycles. The van der Waals surface area contributed by atoms with Crippen LogP contribution in [0.1, 0.15) is 5.56 Å². The number of carbonyl (C=O) groups excluding carboxylic acids is 2. The Morgan fingerprint density at radius 2 is 1.16 bits per heavy atom. The first kappa shape index (κ1) is 32.2. The van der Waals surface area contributed by atoms with E-state index in [4.69, 9.17) is 5.26 Å². The first-order valence-corrected chi connectivity index (χ1v) is 15.0. The smallest absolute Gasteiger partial charge is 0.416 e. The number of anilines is 2. The number of halogens is 7. The minimum Gasteiger partial charge on any atom is -0.447 e. The largest absolute Gasteiger partial charge is 0.447 e. The molecule has 0 N–H and O–H groups in total. The highest BCUT2D eigenvalue weighted by molar-refractivity contribution is 9.10. The zero-order valence-corrected chi connectivity index (χ0v) is 25.4. The van der Waals surface area contributed by atoms with Crippen LogP contribution in [0.3, 0.4) is 0 Å². The summed E-state index contributed by atoms with van der Waals surface area (Å²) in [5.41, 5.74) is 2.79. The van der Waals surface area contributed by atoms with E-state index in [1.807, 2.05) is 6.07 Å². The summed E-state index contributed by atoms with van der Waals surface area (Å²) in [6.45, 7) is -1.45. The summed E-state index contributed by atoms with van der Waals surface area (Å²) in [5.74, 6) is 0. The molecule has 45 heavy (non-hydrogen) atoms. The van der Waals surface area contributed by atoms with Crippen LogP contribution >= 0.6 is 38.6 Å². The molecule has 234 valence electrons. The molecule has 0 aliphatic carbocycles. The van der Waals surface area contributed by atoms with Crippen LogP contribution in [-0.2, 0) is 9.47 Å². The molecule has 2 aromatic heterocycles. The fourth-order valence-corrected chi connectivity index (χ4v) is 6.11. The lowest BCUT2D eigenvalue weighted by Crippen LogP contribution is -2.44. The quantitative estimate of drug-likeness (QED) is 0.196. The number of cyclic esters (lactones) is 2. The number of thiazole rings is 2. The van der Waals surface area contributed by atoms with Crippen LogP contribution in [0, 0.1) is 11.3 Å². The van der Waals surface area contributed by atoms with E-state index in [0.717, 1.165) is 32.7 Å². The number of benzene rings is 2. The number of amides is 2. The van der Waals surface area contributed by atoms with E-state index in [1.54, 1.807) is 59.3 Å². The molecule has 0 saturated carbocycles. The maximum Gasteiger partial charge on any atom is 0.416 e. The van der Waals surface area contributed by atoms with Crippen molar-refractivity contribution in [3.63, 3.8) is 0 Å². The lowest BCUT2D eigenvalue weighted by Gasteiger charge is -2.20. The van der Waals surface area contributed by atoms with Gasteiger partial charge in [0.25, 0.3) is 0 Å². The second-order valence-corrected chi connectivity index (χ2v) is 11.8. The predicted octanol–water partition coefficient (Wildman–Crippen LogP) is 8.03. The SMILES string of the molecule is N#Cc1ccc(-c2csc(N3C(=O)OC[C@H]3C(F)(F)F)n2)cc1.O=C1OCC(C(F)(F)F)N1c1nc(-c2ccc(Br)cc2)cs1. The Morgan fingerprint density at radius 1 is 0.756 bits per heavy atom. The number of ether oxygens (including phenoxy) is 2. The van der Waals surface area contributed by atoms with E-state index in [-0.39, 0.29) is 10.3 Å². The third-order valence-electron chi connectivity index (χ3n) is 6.35. The van der Waals surface area contributed by atoms with E-state index >= 15 is 0 Å². The molecule has 2 amide bonds. The third kappa shape index (κ3) is 7.05. The maximum atomic E-state index is 13.0. The lowest BCUT2D eigenvalue weighted by atomic mass is 10.1. The standard InChI is InChI=1S/C14H8F3N3O2S.C13H8BrF3N2O2S/c15-14(16,17)11-6-22-13(21)20(11)12-19-10(7-23-12)9-3-1-8(5-18)2-4-9;14-8-3-1-7(2-4-8)9-6-22-11(18-9)19-10(13(15,16)17)5-21-12(19)20/h1-4,7,11H,6H2;1-4,6,10H,5H2/t11-;/m0./s1. The second-order valence-electron chi connectivity index (χ2n) is 9.24. The van der Waals surface area contributed by atoms with Crippen molar-refractivity contribution in [1.29, 1.82) is 5.26 Å². The van der Waals surface area contributed by atoms with Crippen LogP contribution in [0.2, 0.25) is 0 Å². The van der Waals surface area contributed by atoms with Gasteiger partial charge in [0.15, 0.2) is 22.3 Å². The van der Waals surface area contributed by atoms with E-state index in [0.29, 0.717) is 32.3 Å². The molecule has 4 aromatic rings. The van der Waals surface area contributed by atoms with Gasteiger partial charge >= 0.3 is 24.5 Å². The average Bonchev–Trinajstić information content (AvgIpc) is 3.79. The van der Waals surface area contributed by atoms with Crippen molar-refractivity contribution < 1.29 is 45.4 Å². The monoisotopic (exact) mass is 731 g/mol. The van der Waals surface area contributed by atoms with Gasteiger partial charge in [0.1, 0.15) is 13.2 Å². The molecule has 2 atom stereocenters. The van der Waals surface area contributed by atoms with Gasteiger partial charge in [0.2, 0.25) is 0 Å². The van der Waals surface area contributed by atoms with Gasteiger partial charge < -0.3 is 9.47 Å². The van der Waals surface area contributed by atoms with Crippen LogP contribution in [-0.4, -0.2) is 59.8 Å². The van der Waals surface area contributed by atoms with Gasteiger partial charge in [-0.1, -0.05) is 40.2 Å². The topological polar surface area (TPSA) is 109 Å². The van der Waals surface area contributed by atoms with E-state index in [9.17, 15) is 35.9 Å². The van der Waals surface area contributed by atoms with Crippen LogP contribution in [0.25, 0.3) is 22.5 Å². The number of hydrogen-bond donors (Lipinski definition) is 0. The molecular weight excluding hydrogens is 716 g/mol. The Labute approximate surface area is 266 Å². The zero-order valence-electron chi connectivity index (χ0n) is 22.2. The number of hydrogen-bond acceptors (Lipinski definition) is 9. The molecule has 18 heteroatoms. The Morgan fingerprint density at radius 3 is 1.53 bits per heavy atom.